The quantitative estimate of drug-likeness (QED) is 0.561. The van der Waals surface area contributed by atoms with Crippen LogP contribution in [0.15, 0.2) is 70.4 Å². The number of benzene rings is 2. The summed E-state index contributed by atoms with van der Waals surface area (Å²) in [5.41, 5.74) is 0.957. The maximum absolute atomic E-state index is 13.2. The van der Waals surface area contributed by atoms with E-state index in [2.05, 4.69) is 20.9 Å². The second-order valence-corrected chi connectivity index (χ2v) is 9.63. The fourth-order valence-electron chi connectivity index (χ4n) is 3.33. The summed E-state index contributed by atoms with van der Waals surface area (Å²) in [6, 6.07) is 12.3. The van der Waals surface area contributed by atoms with Crippen molar-refractivity contribution in [3.8, 4) is 5.69 Å². The van der Waals surface area contributed by atoms with Gasteiger partial charge in [0.1, 0.15) is 11.5 Å². The first-order valence-electron chi connectivity index (χ1n) is 9.19. The van der Waals surface area contributed by atoms with Gasteiger partial charge in [0, 0.05) is 36.3 Å². The molecule has 10 heteroatoms. The third-order valence-corrected chi connectivity index (χ3v) is 7.31. The van der Waals surface area contributed by atoms with Gasteiger partial charge in [0.2, 0.25) is 10.0 Å². The van der Waals surface area contributed by atoms with Crippen LogP contribution in [-0.2, 0) is 10.0 Å². The predicted octanol–water partition coefficient (Wildman–Crippen LogP) is 2.92. The lowest BCUT2D eigenvalue weighted by Crippen LogP contribution is -2.50. The fourth-order valence-corrected chi connectivity index (χ4v) is 5.35. The maximum atomic E-state index is 13.2. The lowest BCUT2D eigenvalue weighted by Gasteiger charge is -2.34. The summed E-state index contributed by atoms with van der Waals surface area (Å²) in [4.78, 5) is 18.9. The molecule has 0 unspecified atom stereocenters. The minimum atomic E-state index is -3.63. The molecule has 1 aliphatic heterocycles. The summed E-state index contributed by atoms with van der Waals surface area (Å²) >= 11 is 3.29. The largest absolute Gasteiger partial charge is 0.335 e. The molecule has 1 fully saturated rings. The van der Waals surface area contributed by atoms with Gasteiger partial charge in [0.15, 0.2) is 0 Å². The maximum Gasteiger partial charge on any atom is 0.272 e. The van der Waals surface area contributed by atoms with Crippen molar-refractivity contribution in [2.75, 3.05) is 26.2 Å². The van der Waals surface area contributed by atoms with Crippen molar-refractivity contribution < 1.29 is 17.6 Å². The second kappa shape index (κ2) is 8.29. The average Bonchev–Trinajstić information content (AvgIpc) is 3.24. The Bertz CT molecular complexity index is 1170. The molecule has 1 aliphatic rings. The van der Waals surface area contributed by atoms with E-state index in [1.807, 2.05) is 0 Å². The van der Waals surface area contributed by atoms with E-state index in [4.69, 9.17) is 0 Å². The van der Waals surface area contributed by atoms with Gasteiger partial charge in [-0.1, -0.05) is 22.0 Å². The number of piperazine rings is 1. The van der Waals surface area contributed by atoms with Crippen molar-refractivity contribution in [2.45, 2.75) is 4.90 Å². The highest BCUT2D eigenvalue weighted by Crippen LogP contribution is 2.22. The van der Waals surface area contributed by atoms with E-state index in [0.717, 1.165) is 0 Å². The van der Waals surface area contributed by atoms with Crippen LogP contribution < -0.4 is 0 Å². The molecular weight excluding hydrogens is 475 g/mol. The highest BCUT2D eigenvalue weighted by atomic mass is 79.9. The van der Waals surface area contributed by atoms with Crippen molar-refractivity contribution in [2.24, 2.45) is 0 Å². The minimum Gasteiger partial charge on any atom is -0.335 e. The Labute approximate surface area is 181 Å². The number of nitrogens with zero attached hydrogens (tertiary/aromatic N) is 4. The molecule has 0 atom stereocenters. The van der Waals surface area contributed by atoms with Gasteiger partial charge < -0.3 is 4.90 Å². The number of rotatable bonds is 4. The number of hydrogen-bond donors (Lipinski definition) is 0. The van der Waals surface area contributed by atoms with Crippen molar-refractivity contribution in [3.63, 3.8) is 0 Å². The molecule has 2 aromatic carbocycles. The Hall–Kier alpha value is -2.56. The van der Waals surface area contributed by atoms with Crippen LogP contribution in [0.4, 0.5) is 4.39 Å². The van der Waals surface area contributed by atoms with Gasteiger partial charge in [-0.2, -0.15) is 4.31 Å². The van der Waals surface area contributed by atoms with Crippen LogP contribution in [0.3, 0.4) is 0 Å². The first kappa shape index (κ1) is 20.7. The van der Waals surface area contributed by atoms with Gasteiger partial charge in [-0.05, 0) is 42.5 Å². The van der Waals surface area contributed by atoms with Crippen LogP contribution in [0.2, 0.25) is 0 Å². The molecule has 0 saturated carbocycles. The lowest BCUT2D eigenvalue weighted by molar-refractivity contribution is 0.0690. The molecule has 0 radical (unpaired) electrons. The molecule has 0 aliphatic carbocycles. The van der Waals surface area contributed by atoms with E-state index in [1.165, 1.54) is 29.0 Å². The summed E-state index contributed by atoms with van der Waals surface area (Å²) < 4.78 is 42.6. The molecule has 1 saturated heterocycles. The standard InChI is InChI=1S/C20H18BrFN4O3S/c21-15-2-1-3-18(12-15)30(28,29)25-10-8-24(9-11-25)20(27)19-13-23-14-26(19)17-6-4-16(22)5-7-17/h1-7,12-14H,8-11H2. The monoisotopic (exact) mass is 492 g/mol. The number of aromatic nitrogens is 2. The molecule has 1 aromatic heterocycles. The second-order valence-electron chi connectivity index (χ2n) is 6.78. The Morgan fingerprint density at radius 1 is 1.03 bits per heavy atom. The molecule has 0 bridgehead atoms. The fraction of sp³-hybridized carbons (Fsp3) is 0.200. The molecular formula is C20H18BrFN4O3S. The number of carbonyl (C=O) groups excluding carboxylic acids is 1. The van der Waals surface area contributed by atoms with Crippen LogP contribution in [0.5, 0.6) is 0 Å². The molecule has 0 spiro atoms. The summed E-state index contributed by atoms with van der Waals surface area (Å²) in [6.45, 7) is 0.928. The van der Waals surface area contributed by atoms with E-state index < -0.39 is 10.0 Å². The smallest absolute Gasteiger partial charge is 0.272 e. The number of imidazole rings is 1. The number of halogens is 2. The summed E-state index contributed by atoms with van der Waals surface area (Å²) in [6.07, 6.45) is 2.95. The Morgan fingerprint density at radius 3 is 2.40 bits per heavy atom. The lowest BCUT2D eigenvalue weighted by atomic mass is 10.2. The third-order valence-electron chi connectivity index (χ3n) is 4.92. The van der Waals surface area contributed by atoms with Crippen molar-refractivity contribution in [1.82, 2.24) is 18.8 Å². The van der Waals surface area contributed by atoms with Crippen molar-refractivity contribution >= 4 is 31.9 Å². The van der Waals surface area contributed by atoms with Crippen LogP contribution in [-0.4, -0.2) is 59.3 Å². The topological polar surface area (TPSA) is 75.5 Å². The zero-order valence-electron chi connectivity index (χ0n) is 15.8. The van der Waals surface area contributed by atoms with E-state index in [1.54, 1.807) is 45.9 Å². The molecule has 0 N–H and O–H groups in total. The molecule has 3 aromatic rings. The molecule has 2 heterocycles. The van der Waals surface area contributed by atoms with Gasteiger partial charge in [0.25, 0.3) is 5.91 Å². The highest BCUT2D eigenvalue weighted by molar-refractivity contribution is 9.10. The van der Waals surface area contributed by atoms with Gasteiger partial charge in [-0.3, -0.25) is 9.36 Å². The molecule has 1 amide bonds. The van der Waals surface area contributed by atoms with Gasteiger partial charge >= 0.3 is 0 Å². The van der Waals surface area contributed by atoms with Crippen LogP contribution in [0.1, 0.15) is 10.5 Å². The van der Waals surface area contributed by atoms with E-state index in [-0.39, 0.29) is 42.8 Å². The number of sulfonamides is 1. The average molecular weight is 493 g/mol. The zero-order valence-corrected chi connectivity index (χ0v) is 18.2. The zero-order chi connectivity index (χ0) is 21.3. The SMILES string of the molecule is O=C(c1cncn1-c1ccc(F)cc1)N1CCN(S(=O)(=O)c2cccc(Br)c2)CC1. The number of hydrogen-bond acceptors (Lipinski definition) is 4. The molecule has 30 heavy (non-hydrogen) atoms. The predicted molar refractivity (Wildman–Crippen MR) is 112 cm³/mol. The minimum absolute atomic E-state index is 0.200. The van der Waals surface area contributed by atoms with Gasteiger partial charge in [-0.15, -0.1) is 0 Å². The summed E-state index contributed by atoms with van der Waals surface area (Å²) in [5, 5.41) is 0. The van der Waals surface area contributed by atoms with E-state index in [9.17, 15) is 17.6 Å². The number of carbonyl (C=O) groups is 1. The van der Waals surface area contributed by atoms with Gasteiger partial charge in [0.05, 0.1) is 17.4 Å². The Kier molecular flexibility index (Phi) is 5.72. The van der Waals surface area contributed by atoms with Crippen LogP contribution in [0.25, 0.3) is 5.69 Å². The van der Waals surface area contributed by atoms with E-state index >= 15 is 0 Å². The summed E-state index contributed by atoms with van der Waals surface area (Å²) in [5.74, 6) is -0.620. The van der Waals surface area contributed by atoms with Gasteiger partial charge in [-0.25, -0.2) is 17.8 Å². The first-order chi connectivity index (χ1) is 14.4. The molecule has 4 rings (SSSR count). The van der Waals surface area contributed by atoms with Crippen LogP contribution in [0, 0.1) is 5.82 Å². The Balaban J connectivity index is 1.48. The number of amides is 1. The first-order valence-corrected chi connectivity index (χ1v) is 11.4. The van der Waals surface area contributed by atoms with Crippen LogP contribution >= 0.6 is 15.9 Å². The highest BCUT2D eigenvalue weighted by Gasteiger charge is 2.31. The van der Waals surface area contributed by atoms with Crippen molar-refractivity contribution in [3.05, 3.63) is 77.0 Å². The normalized spacial score (nSPS) is 15.3. The third kappa shape index (κ3) is 4.03. The molecule has 7 nitrogen and oxygen atoms in total. The molecule has 156 valence electrons. The Morgan fingerprint density at radius 2 is 1.73 bits per heavy atom. The summed E-state index contributed by atoms with van der Waals surface area (Å²) in [7, 11) is -3.63. The van der Waals surface area contributed by atoms with Crippen molar-refractivity contribution in [1.29, 1.82) is 0 Å². The van der Waals surface area contributed by atoms with E-state index in [0.29, 0.717) is 15.9 Å².